The van der Waals surface area contributed by atoms with E-state index in [1.54, 1.807) is 4.57 Å². The van der Waals surface area contributed by atoms with Crippen LogP contribution in [0.3, 0.4) is 0 Å². The fraction of sp³-hybridized carbons (Fsp3) is 0.333. The standard InChI is InChI=1S/C15H16FN3O3/c1-2-19-6-8(15(21)22)14(20)7-3-9(16)11(5-13(7)19)18-12-4-10(12)17/h3,5-6,10,12,18H,2,4,17H2,1H3,(H,21,22)/t10-,12+/m0/s1. The maximum atomic E-state index is 14.2. The van der Waals surface area contributed by atoms with Crippen LogP contribution in [0.5, 0.6) is 0 Å². The van der Waals surface area contributed by atoms with Gasteiger partial charge >= 0.3 is 5.97 Å². The number of aromatic carboxylic acids is 1. The smallest absolute Gasteiger partial charge is 0.341 e. The van der Waals surface area contributed by atoms with E-state index in [1.165, 1.54) is 12.3 Å². The van der Waals surface area contributed by atoms with Crippen LogP contribution in [0.1, 0.15) is 23.7 Å². The zero-order valence-electron chi connectivity index (χ0n) is 12.0. The van der Waals surface area contributed by atoms with Crippen molar-refractivity contribution in [3.63, 3.8) is 0 Å². The van der Waals surface area contributed by atoms with Crippen molar-refractivity contribution >= 4 is 22.6 Å². The second-order valence-electron chi connectivity index (χ2n) is 5.46. The summed E-state index contributed by atoms with van der Waals surface area (Å²) in [4.78, 5) is 23.3. The SMILES string of the molecule is CCn1cc(C(=O)O)c(=O)c2cc(F)c(N[C@@H]3C[C@@H]3N)cc21. The Balaban J connectivity index is 2.21. The van der Waals surface area contributed by atoms with Crippen LogP contribution in [0.4, 0.5) is 10.1 Å². The van der Waals surface area contributed by atoms with Crippen molar-refractivity contribution in [2.24, 2.45) is 5.73 Å². The molecule has 0 radical (unpaired) electrons. The molecule has 0 bridgehead atoms. The predicted molar refractivity (Wildman–Crippen MR) is 80.8 cm³/mol. The molecular weight excluding hydrogens is 289 g/mol. The molecule has 2 aromatic rings. The first kappa shape index (κ1) is 14.5. The molecular formula is C15H16FN3O3. The first-order valence-electron chi connectivity index (χ1n) is 7.04. The number of pyridine rings is 1. The summed E-state index contributed by atoms with van der Waals surface area (Å²) in [7, 11) is 0. The van der Waals surface area contributed by atoms with E-state index in [0.717, 1.165) is 12.5 Å². The zero-order chi connectivity index (χ0) is 16.0. The molecule has 1 aromatic heterocycles. The first-order chi connectivity index (χ1) is 10.4. The molecule has 22 heavy (non-hydrogen) atoms. The summed E-state index contributed by atoms with van der Waals surface area (Å²) in [6.45, 7) is 2.29. The molecule has 0 unspecified atom stereocenters. The molecule has 1 fully saturated rings. The summed E-state index contributed by atoms with van der Waals surface area (Å²) in [6.07, 6.45) is 2.06. The summed E-state index contributed by atoms with van der Waals surface area (Å²) in [5, 5.41) is 12.2. The fourth-order valence-electron chi connectivity index (χ4n) is 2.52. The molecule has 0 aliphatic heterocycles. The predicted octanol–water partition coefficient (Wildman–Crippen LogP) is 1.37. The van der Waals surface area contributed by atoms with Crippen LogP contribution in [0.25, 0.3) is 10.9 Å². The highest BCUT2D eigenvalue weighted by molar-refractivity contribution is 5.93. The van der Waals surface area contributed by atoms with Crippen molar-refractivity contribution < 1.29 is 14.3 Å². The van der Waals surface area contributed by atoms with Crippen LogP contribution >= 0.6 is 0 Å². The van der Waals surface area contributed by atoms with Crippen molar-refractivity contribution in [2.45, 2.75) is 32.0 Å². The number of carboxylic acid groups (broad SMARTS) is 1. The number of carbonyl (C=O) groups is 1. The van der Waals surface area contributed by atoms with Gasteiger partial charge in [0, 0.05) is 30.2 Å². The fourth-order valence-corrected chi connectivity index (χ4v) is 2.52. The highest BCUT2D eigenvalue weighted by Crippen LogP contribution is 2.28. The van der Waals surface area contributed by atoms with Crippen LogP contribution < -0.4 is 16.5 Å². The summed E-state index contributed by atoms with van der Waals surface area (Å²) in [6, 6.07) is 2.67. The lowest BCUT2D eigenvalue weighted by atomic mass is 10.1. The second-order valence-corrected chi connectivity index (χ2v) is 5.46. The average Bonchev–Trinajstić information content (AvgIpc) is 3.16. The Morgan fingerprint density at radius 1 is 1.55 bits per heavy atom. The molecule has 1 heterocycles. The number of benzene rings is 1. The maximum Gasteiger partial charge on any atom is 0.341 e. The van der Waals surface area contributed by atoms with Gasteiger partial charge < -0.3 is 20.7 Å². The van der Waals surface area contributed by atoms with Gasteiger partial charge in [-0.25, -0.2) is 9.18 Å². The van der Waals surface area contributed by atoms with E-state index in [-0.39, 0.29) is 28.7 Å². The first-order valence-corrected chi connectivity index (χ1v) is 7.04. The van der Waals surface area contributed by atoms with Crippen molar-refractivity contribution in [2.75, 3.05) is 5.32 Å². The molecule has 1 aliphatic rings. The normalized spacial score (nSPS) is 20.1. The van der Waals surface area contributed by atoms with E-state index in [2.05, 4.69) is 5.32 Å². The molecule has 1 saturated carbocycles. The molecule has 7 heteroatoms. The molecule has 3 rings (SSSR count). The largest absolute Gasteiger partial charge is 0.477 e. The summed E-state index contributed by atoms with van der Waals surface area (Å²) in [5.74, 6) is -1.91. The number of fused-ring (bicyclic) bond motifs is 1. The number of carboxylic acids is 1. The number of aromatic nitrogens is 1. The van der Waals surface area contributed by atoms with Gasteiger partial charge in [-0.3, -0.25) is 4.79 Å². The summed E-state index contributed by atoms with van der Waals surface area (Å²) in [5.41, 5.74) is 5.43. The van der Waals surface area contributed by atoms with Gasteiger partial charge in [-0.15, -0.1) is 0 Å². The van der Waals surface area contributed by atoms with Crippen LogP contribution in [0.2, 0.25) is 0 Å². The molecule has 0 saturated heterocycles. The van der Waals surface area contributed by atoms with Crippen LogP contribution in [-0.4, -0.2) is 27.7 Å². The average molecular weight is 305 g/mol. The molecule has 6 nitrogen and oxygen atoms in total. The van der Waals surface area contributed by atoms with E-state index in [1.807, 2.05) is 6.92 Å². The van der Waals surface area contributed by atoms with Gasteiger partial charge in [0.2, 0.25) is 5.43 Å². The van der Waals surface area contributed by atoms with Crippen molar-refractivity contribution in [3.8, 4) is 0 Å². The topological polar surface area (TPSA) is 97.3 Å². The van der Waals surface area contributed by atoms with Gasteiger partial charge in [0.15, 0.2) is 0 Å². The molecule has 1 aromatic carbocycles. The minimum atomic E-state index is -1.32. The molecule has 4 N–H and O–H groups in total. The number of anilines is 1. The van der Waals surface area contributed by atoms with Gasteiger partial charge in [0.05, 0.1) is 11.2 Å². The van der Waals surface area contributed by atoms with E-state index < -0.39 is 17.2 Å². The van der Waals surface area contributed by atoms with Crippen LogP contribution in [0, 0.1) is 5.82 Å². The molecule has 0 amide bonds. The molecule has 2 atom stereocenters. The Kier molecular flexibility index (Phi) is 3.37. The molecule has 0 spiro atoms. The minimum Gasteiger partial charge on any atom is -0.477 e. The van der Waals surface area contributed by atoms with Gasteiger partial charge in [-0.1, -0.05) is 0 Å². The Morgan fingerprint density at radius 3 is 2.77 bits per heavy atom. The highest BCUT2D eigenvalue weighted by Gasteiger charge is 2.34. The second kappa shape index (κ2) is 5.10. The van der Waals surface area contributed by atoms with E-state index >= 15 is 0 Å². The zero-order valence-corrected chi connectivity index (χ0v) is 12.0. The van der Waals surface area contributed by atoms with Gasteiger partial charge in [0.1, 0.15) is 11.4 Å². The number of aryl methyl sites for hydroxylation is 1. The summed E-state index contributed by atoms with van der Waals surface area (Å²) >= 11 is 0. The minimum absolute atomic E-state index is 0.0119. The van der Waals surface area contributed by atoms with Gasteiger partial charge in [-0.05, 0) is 25.5 Å². The maximum absolute atomic E-state index is 14.2. The third kappa shape index (κ3) is 2.33. The number of rotatable bonds is 4. The van der Waals surface area contributed by atoms with Crippen LogP contribution in [-0.2, 0) is 6.54 Å². The Bertz CT molecular complexity index is 831. The lowest BCUT2D eigenvalue weighted by Crippen LogP contribution is -2.19. The van der Waals surface area contributed by atoms with E-state index in [4.69, 9.17) is 10.8 Å². The third-order valence-electron chi connectivity index (χ3n) is 3.92. The van der Waals surface area contributed by atoms with Crippen LogP contribution in [0.15, 0.2) is 23.1 Å². The number of hydrogen-bond donors (Lipinski definition) is 3. The van der Waals surface area contributed by atoms with Gasteiger partial charge in [0.25, 0.3) is 0 Å². The van der Waals surface area contributed by atoms with Crippen molar-refractivity contribution in [1.82, 2.24) is 4.57 Å². The van der Waals surface area contributed by atoms with E-state index in [0.29, 0.717) is 12.1 Å². The lowest BCUT2D eigenvalue weighted by molar-refractivity contribution is 0.0695. The number of nitrogens with zero attached hydrogens (tertiary/aromatic N) is 1. The van der Waals surface area contributed by atoms with Crippen molar-refractivity contribution in [3.05, 3.63) is 39.9 Å². The number of halogens is 1. The quantitative estimate of drug-likeness (QED) is 0.792. The van der Waals surface area contributed by atoms with Gasteiger partial charge in [-0.2, -0.15) is 0 Å². The Morgan fingerprint density at radius 2 is 2.23 bits per heavy atom. The Hall–Kier alpha value is -2.41. The number of nitrogens with two attached hydrogens (primary N) is 1. The van der Waals surface area contributed by atoms with E-state index in [9.17, 15) is 14.0 Å². The molecule has 1 aliphatic carbocycles. The van der Waals surface area contributed by atoms with Crippen molar-refractivity contribution in [1.29, 1.82) is 0 Å². The Labute approximate surface area is 125 Å². The number of hydrogen-bond acceptors (Lipinski definition) is 4. The lowest BCUT2D eigenvalue weighted by Gasteiger charge is -2.13. The molecule has 116 valence electrons. The summed E-state index contributed by atoms with van der Waals surface area (Å²) < 4.78 is 15.8. The number of nitrogens with one attached hydrogen (secondary N) is 1. The monoisotopic (exact) mass is 305 g/mol. The highest BCUT2D eigenvalue weighted by atomic mass is 19.1. The third-order valence-corrected chi connectivity index (χ3v) is 3.92.